The van der Waals surface area contributed by atoms with Crippen LogP contribution in [0.25, 0.3) is 11.2 Å². The molecule has 1 saturated heterocycles. The number of carbonyl (C=O) groups excluding carboxylic acids is 1. The van der Waals surface area contributed by atoms with Gasteiger partial charge in [0, 0.05) is 19.9 Å². The van der Waals surface area contributed by atoms with Crippen LogP contribution in [0.2, 0.25) is 5.15 Å². The zero-order valence-corrected chi connectivity index (χ0v) is 14.8. The highest BCUT2D eigenvalue weighted by Crippen LogP contribution is 2.30. The van der Waals surface area contributed by atoms with E-state index in [0.29, 0.717) is 25.1 Å². The number of nitrogens with two attached hydrogens (primary N) is 1. The average Bonchev–Trinajstić information content (AvgIpc) is 3.06. The van der Waals surface area contributed by atoms with Crippen molar-refractivity contribution in [2.75, 3.05) is 12.3 Å². The minimum absolute atomic E-state index is 0.0408. The monoisotopic (exact) mass is 369 g/mol. The first kappa shape index (κ1) is 17.7. The molecule has 0 aromatic carbocycles. The van der Waals surface area contributed by atoms with Crippen LogP contribution in [0.5, 0.6) is 0 Å². The molecular weight excluding hydrogens is 350 g/mol. The third-order valence-electron chi connectivity index (χ3n) is 4.09. The number of nitrogens with zero attached hydrogens (tertiary/aromatic N) is 4. The third-order valence-corrected chi connectivity index (χ3v) is 4.36. The number of halogens is 1. The number of aryl methyl sites for hydroxylation is 1. The van der Waals surface area contributed by atoms with Crippen LogP contribution in [-0.2, 0) is 20.8 Å². The summed E-state index contributed by atoms with van der Waals surface area (Å²) in [4.78, 5) is 32.5. The van der Waals surface area contributed by atoms with Crippen molar-refractivity contribution in [1.82, 2.24) is 19.1 Å². The van der Waals surface area contributed by atoms with E-state index in [4.69, 9.17) is 26.8 Å². The Balaban J connectivity index is 2.19. The van der Waals surface area contributed by atoms with Gasteiger partial charge in [0.15, 0.2) is 17.0 Å². The summed E-state index contributed by atoms with van der Waals surface area (Å²) in [5.74, 6) is -0.476. The maximum absolute atomic E-state index is 13.0. The fourth-order valence-corrected chi connectivity index (χ4v) is 3.30. The van der Waals surface area contributed by atoms with Gasteiger partial charge in [-0.25, -0.2) is 9.36 Å². The van der Waals surface area contributed by atoms with Gasteiger partial charge in [0.2, 0.25) is 5.95 Å². The number of nitrogen functional groups attached to an aromatic ring is 1. The predicted molar refractivity (Wildman–Crippen MR) is 91.3 cm³/mol. The van der Waals surface area contributed by atoms with Gasteiger partial charge in [-0.15, -0.1) is 0 Å². The molecule has 0 aliphatic carbocycles. The number of esters is 1. The van der Waals surface area contributed by atoms with Gasteiger partial charge in [0.05, 0.1) is 6.61 Å². The second-order valence-electron chi connectivity index (χ2n) is 5.90. The second kappa shape index (κ2) is 7.01. The van der Waals surface area contributed by atoms with Crippen molar-refractivity contribution in [2.24, 2.45) is 0 Å². The van der Waals surface area contributed by atoms with Gasteiger partial charge in [-0.3, -0.25) is 9.36 Å². The Hall–Kier alpha value is -2.13. The molecule has 0 spiro atoms. The van der Waals surface area contributed by atoms with Crippen molar-refractivity contribution in [1.29, 1.82) is 0 Å². The number of hydrogen-bond acceptors (Lipinski definition) is 7. The maximum atomic E-state index is 13.0. The minimum Gasteiger partial charge on any atom is -0.458 e. The molecule has 1 aliphatic heterocycles. The summed E-state index contributed by atoms with van der Waals surface area (Å²) in [5.41, 5.74) is 6.06. The molecular formula is C15H20ClN5O4. The van der Waals surface area contributed by atoms with E-state index >= 15 is 0 Å². The van der Waals surface area contributed by atoms with Gasteiger partial charge in [-0.2, -0.15) is 9.97 Å². The summed E-state index contributed by atoms with van der Waals surface area (Å²) in [6.07, 6.45) is 0.843. The summed E-state index contributed by atoms with van der Waals surface area (Å²) in [6.45, 7) is 4.18. The Morgan fingerprint density at radius 3 is 2.92 bits per heavy atom. The lowest BCUT2D eigenvalue weighted by molar-refractivity contribution is -0.151. The number of ether oxygens (including phenoxy) is 2. The summed E-state index contributed by atoms with van der Waals surface area (Å²) < 4.78 is 13.8. The van der Waals surface area contributed by atoms with Gasteiger partial charge < -0.3 is 15.2 Å². The van der Waals surface area contributed by atoms with Crippen molar-refractivity contribution in [3.05, 3.63) is 15.6 Å². The van der Waals surface area contributed by atoms with Crippen LogP contribution in [-0.4, -0.2) is 37.8 Å². The van der Waals surface area contributed by atoms with Crippen molar-refractivity contribution >= 4 is 34.7 Å². The molecule has 0 saturated carbocycles. The van der Waals surface area contributed by atoms with Crippen LogP contribution < -0.4 is 11.4 Å². The van der Waals surface area contributed by atoms with Crippen molar-refractivity contribution in [3.8, 4) is 0 Å². The number of imidazole rings is 1. The second-order valence-corrected chi connectivity index (χ2v) is 6.26. The Morgan fingerprint density at radius 1 is 1.48 bits per heavy atom. The lowest BCUT2D eigenvalue weighted by Crippen LogP contribution is -2.33. The summed E-state index contributed by atoms with van der Waals surface area (Å²) in [5, 5.41) is 0.108. The molecule has 9 nitrogen and oxygen atoms in total. The van der Waals surface area contributed by atoms with Crippen LogP contribution in [0.1, 0.15) is 39.3 Å². The number of rotatable bonds is 5. The molecule has 136 valence electrons. The van der Waals surface area contributed by atoms with Gasteiger partial charge >= 0.3 is 11.7 Å². The van der Waals surface area contributed by atoms with E-state index in [1.54, 1.807) is 0 Å². The zero-order chi connectivity index (χ0) is 18.1. The van der Waals surface area contributed by atoms with E-state index in [2.05, 4.69) is 9.97 Å². The largest absolute Gasteiger partial charge is 0.458 e. The smallest absolute Gasteiger partial charge is 0.332 e. The standard InChI is InChI=1S/C15H20ClN5O4/c1-3-4-6-20-10-11(16)18-14(17)19-12(10)21(15(20)23)13-9(5-7-24-13)25-8(2)22/h9,13H,3-7H2,1-2H3,(H2,17,18,19). The van der Waals surface area contributed by atoms with Crippen molar-refractivity contribution < 1.29 is 14.3 Å². The third kappa shape index (κ3) is 3.21. The Kier molecular flexibility index (Phi) is 4.96. The van der Waals surface area contributed by atoms with Gasteiger partial charge in [-0.1, -0.05) is 24.9 Å². The van der Waals surface area contributed by atoms with Crippen LogP contribution in [0.4, 0.5) is 5.95 Å². The van der Waals surface area contributed by atoms with E-state index in [1.165, 1.54) is 16.1 Å². The molecule has 2 atom stereocenters. The molecule has 3 heterocycles. The lowest BCUT2D eigenvalue weighted by atomic mass is 10.2. The van der Waals surface area contributed by atoms with E-state index in [1.807, 2.05) is 6.92 Å². The molecule has 1 aliphatic rings. The fourth-order valence-electron chi connectivity index (χ4n) is 3.03. The van der Waals surface area contributed by atoms with E-state index < -0.39 is 18.3 Å². The SMILES string of the molecule is CCCCn1c(=O)n(C2OCCC2OC(C)=O)c2nc(N)nc(Cl)c21. The normalized spacial score (nSPS) is 20.3. The first-order valence-electron chi connectivity index (χ1n) is 8.16. The molecule has 1 fully saturated rings. The summed E-state index contributed by atoms with van der Waals surface area (Å²) in [6, 6.07) is 0. The average molecular weight is 370 g/mol. The molecule has 25 heavy (non-hydrogen) atoms. The van der Waals surface area contributed by atoms with Crippen LogP contribution >= 0.6 is 11.6 Å². The minimum atomic E-state index is -0.771. The van der Waals surface area contributed by atoms with Crippen LogP contribution in [0, 0.1) is 0 Å². The highest BCUT2D eigenvalue weighted by atomic mass is 35.5. The molecule has 2 aromatic rings. The van der Waals surface area contributed by atoms with Gasteiger partial charge in [0.25, 0.3) is 0 Å². The van der Waals surface area contributed by atoms with Crippen molar-refractivity contribution in [3.63, 3.8) is 0 Å². The first-order chi connectivity index (χ1) is 11.9. The number of aromatic nitrogens is 4. The number of unbranched alkanes of at least 4 members (excludes halogenated alkanes) is 1. The summed E-state index contributed by atoms with van der Waals surface area (Å²) in [7, 11) is 0. The van der Waals surface area contributed by atoms with Crippen LogP contribution in [0.15, 0.2) is 4.79 Å². The molecule has 2 aromatic heterocycles. The van der Waals surface area contributed by atoms with E-state index in [-0.39, 0.29) is 22.4 Å². The lowest BCUT2D eigenvalue weighted by Gasteiger charge is -2.19. The molecule has 0 bridgehead atoms. The molecule has 10 heteroatoms. The fraction of sp³-hybridized carbons (Fsp3) is 0.600. The highest BCUT2D eigenvalue weighted by molar-refractivity contribution is 6.33. The quantitative estimate of drug-likeness (QED) is 0.627. The Morgan fingerprint density at radius 2 is 2.24 bits per heavy atom. The van der Waals surface area contributed by atoms with Gasteiger partial charge in [0.1, 0.15) is 11.6 Å². The topological polar surface area (TPSA) is 114 Å². The number of carbonyl (C=O) groups is 1. The number of fused-ring (bicyclic) bond motifs is 1. The number of hydrogen-bond donors (Lipinski definition) is 1. The molecule has 3 rings (SSSR count). The van der Waals surface area contributed by atoms with Gasteiger partial charge in [-0.05, 0) is 6.42 Å². The van der Waals surface area contributed by atoms with Crippen molar-refractivity contribution in [2.45, 2.75) is 52.0 Å². The molecule has 2 unspecified atom stereocenters. The zero-order valence-electron chi connectivity index (χ0n) is 14.1. The summed E-state index contributed by atoms with van der Waals surface area (Å²) >= 11 is 6.23. The Labute approximate surface area is 148 Å². The predicted octanol–water partition coefficient (Wildman–Crippen LogP) is 1.48. The first-order valence-corrected chi connectivity index (χ1v) is 8.54. The number of anilines is 1. The molecule has 2 N–H and O–H groups in total. The van der Waals surface area contributed by atoms with Crippen LogP contribution in [0.3, 0.4) is 0 Å². The van der Waals surface area contributed by atoms with E-state index in [0.717, 1.165) is 12.8 Å². The highest BCUT2D eigenvalue weighted by Gasteiger charge is 2.36. The molecule has 0 radical (unpaired) electrons. The molecule has 0 amide bonds. The maximum Gasteiger partial charge on any atom is 0.332 e. The Bertz CT molecular complexity index is 862. The van der Waals surface area contributed by atoms with E-state index in [9.17, 15) is 9.59 Å².